The summed E-state index contributed by atoms with van der Waals surface area (Å²) in [4.78, 5) is 0. The summed E-state index contributed by atoms with van der Waals surface area (Å²) in [5.41, 5.74) is 12.4. The van der Waals surface area contributed by atoms with Crippen LogP contribution in [0, 0.1) is 23.7 Å². The molecule has 0 heterocycles. The molecule has 2 aliphatic carbocycles. The lowest BCUT2D eigenvalue weighted by Gasteiger charge is -2.41. The van der Waals surface area contributed by atoms with E-state index in [9.17, 15) is 0 Å². The number of hydrogen-bond donors (Lipinski definition) is 2. The molecule has 0 saturated heterocycles. The first-order valence-corrected chi connectivity index (χ1v) is 8.65. The van der Waals surface area contributed by atoms with Crippen molar-refractivity contribution in [1.29, 1.82) is 0 Å². The third kappa shape index (κ3) is 3.95. The van der Waals surface area contributed by atoms with E-state index in [0.29, 0.717) is 12.1 Å². The van der Waals surface area contributed by atoms with E-state index in [1.54, 1.807) is 0 Å². The second kappa shape index (κ2) is 7.08. The lowest BCUT2D eigenvalue weighted by Crippen LogP contribution is -2.38. The summed E-state index contributed by atoms with van der Waals surface area (Å²) >= 11 is 0. The van der Waals surface area contributed by atoms with Crippen LogP contribution in [0.15, 0.2) is 0 Å². The number of hydrogen-bond acceptors (Lipinski definition) is 2. The third-order valence-electron chi connectivity index (χ3n) is 6.02. The van der Waals surface area contributed by atoms with Gasteiger partial charge in [0.25, 0.3) is 0 Å². The van der Waals surface area contributed by atoms with Crippen LogP contribution in [0.25, 0.3) is 0 Å². The van der Waals surface area contributed by atoms with Crippen molar-refractivity contribution < 1.29 is 0 Å². The number of rotatable bonds is 4. The summed E-state index contributed by atoms with van der Waals surface area (Å²) in [7, 11) is 0. The molecule has 0 radical (unpaired) electrons. The maximum absolute atomic E-state index is 6.22. The highest BCUT2D eigenvalue weighted by molar-refractivity contribution is 4.87. The molecule has 2 saturated carbocycles. The van der Waals surface area contributed by atoms with Crippen molar-refractivity contribution in [2.75, 3.05) is 0 Å². The topological polar surface area (TPSA) is 52.0 Å². The highest BCUT2D eigenvalue weighted by atomic mass is 14.7. The molecule has 2 nitrogen and oxygen atoms in total. The van der Waals surface area contributed by atoms with E-state index < -0.39 is 0 Å². The molecule has 0 aromatic carbocycles. The molecule has 0 bridgehead atoms. The van der Waals surface area contributed by atoms with Crippen LogP contribution in [0.3, 0.4) is 0 Å². The Balaban J connectivity index is 1.95. The van der Waals surface area contributed by atoms with Crippen molar-refractivity contribution in [2.24, 2.45) is 35.1 Å². The molecule has 2 rings (SSSR count). The average molecular weight is 266 g/mol. The van der Waals surface area contributed by atoms with Gasteiger partial charge in [0.15, 0.2) is 0 Å². The van der Waals surface area contributed by atoms with Gasteiger partial charge >= 0.3 is 0 Å². The first-order valence-electron chi connectivity index (χ1n) is 8.65. The van der Waals surface area contributed by atoms with Gasteiger partial charge in [-0.1, -0.05) is 26.7 Å². The molecule has 19 heavy (non-hydrogen) atoms. The highest BCUT2D eigenvalue weighted by Gasteiger charge is 2.34. The van der Waals surface area contributed by atoms with Crippen molar-refractivity contribution in [3.8, 4) is 0 Å². The maximum Gasteiger partial charge on any atom is 0.00416 e. The summed E-state index contributed by atoms with van der Waals surface area (Å²) in [6, 6.07) is 0.926. The first kappa shape index (κ1) is 15.3. The van der Waals surface area contributed by atoms with E-state index in [4.69, 9.17) is 11.5 Å². The van der Waals surface area contributed by atoms with Crippen LogP contribution in [0.4, 0.5) is 0 Å². The van der Waals surface area contributed by atoms with Crippen molar-refractivity contribution in [2.45, 2.75) is 83.7 Å². The normalized spacial score (nSPS) is 44.2. The summed E-state index contributed by atoms with van der Waals surface area (Å²) < 4.78 is 0. The van der Waals surface area contributed by atoms with Gasteiger partial charge in [0.05, 0.1) is 0 Å². The molecule has 0 amide bonds. The van der Waals surface area contributed by atoms with Gasteiger partial charge in [-0.2, -0.15) is 0 Å². The van der Waals surface area contributed by atoms with Crippen molar-refractivity contribution >= 4 is 0 Å². The Bertz CT molecular complexity index is 240. The molecule has 2 aliphatic rings. The van der Waals surface area contributed by atoms with Crippen LogP contribution in [-0.4, -0.2) is 12.1 Å². The fourth-order valence-corrected chi connectivity index (χ4v) is 4.77. The molecule has 4 N–H and O–H groups in total. The third-order valence-corrected chi connectivity index (χ3v) is 6.02. The fourth-order valence-electron chi connectivity index (χ4n) is 4.77. The molecule has 0 aromatic heterocycles. The molecule has 112 valence electrons. The Morgan fingerprint density at radius 2 is 1.11 bits per heavy atom. The lowest BCUT2D eigenvalue weighted by atomic mass is 9.66. The zero-order valence-electron chi connectivity index (χ0n) is 13.0. The van der Waals surface area contributed by atoms with Gasteiger partial charge in [-0.25, -0.2) is 0 Å². The molecule has 6 unspecified atom stereocenters. The zero-order chi connectivity index (χ0) is 13.8. The average Bonchev–Trinajstić information content (AvgIpc) is 2.39. The van der Waals surface area contributed by atoms with Crippen LogP contribution < -0.4 is 11.5 Å². The van der Waals surface area contributed by atoms with Gasteiger partial charge in [-0.3, -0.25) is 0 Å². The van der Waals surface area contributed by atoms with Crippen LogP contribution in [0.2, 0.25) is 0 Å². The Morgan fingerprint density at radius 3 is 1.47 bits per heavy atom. The predicted octanol–water partition coefficient (Wildman–Crippen LogP) is 3.68. The highest BCUT2D eigenvalue weighted by Crippen LogP contribution is 2.42. The maximum atomic E-state index is 6.22. The van der Waals surface area contributed by atoms with Crippen LogP contribution in [0.5, 0.6) is 0 Å². The predicted molar refractivity (Wildman–Crippen MR) is 82.8 cm³/mol. The zero-order valence-corrected chi connectivity index (χ0v) is 13.0. The lowest BCUT2D eigenvalue weighted by molar-refractivity contribution is 0.119. The minimum atomic E-state index is 0.463. The van der Waals surface area contributed by atoms with E-state index in [1.165, 1.54) is 57.8 Å². The summed E-state index contributed by atoms with van der Waals surface area (Å²) in [5, 5.41) is 0. The first-order chi connectivity index (χ1) is 9.13. The standard InChI is InChI=1S/C17H34N2/c1-3-12-5-7-16(18)10-14(12)9-15-11-17(19)8-6-13(15)4-2/h12-17H,3-11,18-19H2,1-2H3. The van der Waals surface area contributed by atoms with Crippen LogP contribution >= 0.6 is 0 Å². The second-order valence-electron chi connectivity index (χ2n) is 7.24. The minimum Gasteiger partial charge on any atom is -0.328 e. The Kier molecular flexibility index (Phi) is 5.70. The Hall–Kier alpha value is -0.0800. The van der Waals surface area contributed by atoms with Crippen LogP contribution in [-0.2, 0) is 0 Å². The van der Waals surface area contributed by atoms with Gasteiger partial charge in [-0.15, -0.1) is 0 Å². The van der Waals surface area contributed by atoms with Gasteiger partial charge in [-0.05, 0) is 68.6 Å². The minimum absolute atomic E-state index is 0.463. The monoisotopic (exact) mass is 266 g/mol. The molecular weight excluding hydrogens is 232 g/mol. The smallest absolute Gasteiger partial charge is 0.00416 e. The van der Waals surface area contributed by atoms with E-state index in [-0.39, 0.29) is 0 Å². The largest absolute Gasteiger partial charge is 0.328 e. The molecular formula is C17H34N2. The second-order valence-corrected chi connectivity index (χ2v) is 7.24. The van der Waals surface area contributed by atoms with E-state index in [0.717, 1.165) is 23.7 Å². The number of nitrogens with two attached hydrogens (primary N) is 2. The summed E-state index contributed by atoms with van der Waals surface area (Å²) in [6.45, 7) is 4.72. The van der Waals surface area contributed by atoms with Crippen molar-refractivity contribution in [1.82, 2.24) is 0 Å². The molecule has 0 spiro atoms. The molecule has 0 aliphatic heterocycles. The van der Waals surface area contributed by atoms with Crippen molar-refractivity contribution in [3.05, 3.63) is 0 Å². The van der Waals surface area contributed by atoms with E-state index in [2.05, 4.69) is 13.8 Å². The van der Waals surface area contributed by atoms with Gasteiger partial charge < -0.3 is 11.5 Å². The van der Waals surface area contributed by atoms with E-state index >= 15 is 0 Å². The molecule has 2 heteroatoms. The van der Waals surface area contributed by atoms with Gasteiger partial charge in [0, 0.05) is 12.1 Å². The van der Waals surface area contributed by atoms with Crippen molar-refractivity contribution in [3.63, 3.8) is 0 Å². The summed E-state index contributed by atoms with van der Waals surface area (Å²) in [5.74, 6) is 3.60. The molecule has 2 fully saturated rings. The van der Waals surface area contributed by atoms with E-state index in [1.807, 2.05) is 0 Å². The molecule has 6 atom stereocenters. The SMILES string of the molecule is CCC1CCC(N)CC1CC1CC(N)CCC1CC. The quantitative estimate of drug-likeness (QED) is 0.815. The Morgan fingerprint density at radius 1 is 0.684 bits per heavy atom. The van der Waals surface area contributed by atoms with Gasteiger partial charge in [0.1, 0.15) is 0 Å². The Labute approximate surface area is 119 Å². The fraction of sp³-hybridized carbons (Fsp3) is 1.00. The van der Waals surface area contributed by atoms with Gasteiger partial charge in [0.2, 0.25) is 0 Å². The van der Waals surface area contributed by atoms with Crippen LogP contribution in [0.1, 0.15) is 71.6 Å². The molecule has 0 aromatic rings. The summed E-state index contributed by atoms with van der Waals surface area (Å²) in [6.07, 6.45) is 11.8.